The smallest absolute Gasteiger partial charge is 0.434 e. The fourth-order valence-corrected chi connectivity index (χ4v) is 1.94. The zero-order valence-electron chi connectivity index (χ0n) is 11.8. The number of nitrogens with zero attached hydrogens (tertiary/aromatic N) is 1. The van der Waals surface area contributed by atoms with E-state index in [4.69, 9.17) is 14.3 Å². The lowest BCUT2D eigenvalue weighted by Gasteiger charge is -2.23. The molecule has 0 bridgehead atoms. The molecular weight excluding hydrogens is 326 g/mol. The molecule has 1 aliphatic rings. The lowest BCUT2D eigenvalue weighted by atomic mass is 10.2. The molecule has 1 fully saturated rings. The van der Waals surface area contributed by atoms with Crippen molar-refractivity contribution < 1.29 is 19.1 Å². The van der Waals surface area contributed by atoms with E-state index in [1.165, 1.54) is 5.06 Å². The number of carbonyl (C=O) groups is 1. The number of amides is 1. The maximum Gasteiger partial charge on any atom is 0.434 e. The van der Waals surface area contributed by atoms with Crippen LogP contribution in [0.4, 0.5) is 4.79 Å². The minimum atomic E-state index is -0.537. The Morgan fingerprint density at radius 3 is 2.60 bits per heavy atom. The third kappa shape index (κ3) is 4.38. The summed E-state index contributed by atoms with van der Waals surface area (Å²) >= 11 is 3.36. The molecule has 1 atom stereocenters. The Labute approximate surface area is 126 Å². The lowest BCUT2D eigenvalue weighted by Crippen LogP contribution is -2.35. The Kier molecular flexibility index (Phi) is 4.55. The molecule has 5 nitrogen and oxygen atoms in total. The van der Waals surface area contributed by atoms with Gasteiger partial charge in [0.2, 0.25) is 0 Å². The summed E-state index contributed by atoms with van der Waals surface area (Å²) in [7, 11) is 0. The molecule has 1 amide bonds. The van der Waals surface area contributed by atoms with Crippen molar-refractivity contribution in [2.45, 2.75) is 32.5 Å². The number of carbonyl (C=O) groups excluding carboxylic acids is 1. The molecule has 0 saturated carbocycles. The summed E-state index contributed by atoms with van der Waals surface area (Å²) in [5.41, 5.74) is -0.537. The van der Waals surface area contributed by atoms with Crippen molar-refractivity contribution in [3.05, 3.63) is 28.7 Å². The first kappa shape index (κ1) is 15.1. The van der Waals surface area contributed by atoms with Crippen molar-refractivity contribution in [1.82, 2.24) is 5.06 Å². The van der Waals surface area contributed by atoms with E-state index in [0.29, 0.717) is 13.2 Å². The summed E-state index contributed by atoms with van der Waals surface area (Å²) in [4.78, 5) is 17.1. The molecule has 1 aromatic carbocycles. The number of halogens is 1. The van der Waals surface area contributed by atoms with Crippen LogP contribution in [0.25, 0.3) is 0 Å². The highest BCUT2D eigenvalue weighted by molar-refractivity contribution is 9.10. The summed E-state index contributed by atoms with van der Waals surface area (Å²) in [6.07, 6.45) is -0.678. The number of hydrogen-bond acceptors (Lipinski definition) is 4. The lowest BCUT2D eigenvalue weighted by molar-refractivity contribution is -0.107. The fraction of sp³-hybridized carbons (Fsp3) is 0.500. The topological polar surface area (TPSA) is 48.0 Å². The average Bonchev–Trinajstić information content (AvgIpc) is 2.79. The maximum atomic E-state index is 11.8. The van der Waals surface area contributed by atoms with Gasteiger partial charge < -0.3 is 9.47 Å². The van der Waals surface area contributed by atoms with Gasteiger partial charge in [-0.05, 0) is 45.0 Å². The minimum absolute atomic E-state index is 0.191. The third-order valence-electron chi connectivity index (χ3n) is 2.50. The first-order valence-corrected chi connectivity index (χ1v) is 7.18. The van der Waals surface area contributed by atoms with Crippen LogP contribution in [0.5, 0.6) is 5.75 Å². The van der Waals surface area contributed by atoms with Crippen LogP contribution in [0.2, 0.25) is 0 Å². The van der Waals surface area contributed by atoms with Gasteiger partial charge in [0.25, 0.3) is 0 Å². The van der Waals surface area contributed by atoms with E-state index in [-0.39, 0.29) is 6.10 Å². The van der Waals surface area contributed by atoms with Gasteiger partial charge in [0.05, 0.1) is 6.54 Å². The zero-order chi connectivity index (χ0) is 14.8. The van der Waals surface area contributed by atoms with E-state index in [1.807, 2.05) is 45.0 Å². The van der Waals surface area contributed by atoms with E-state index in [1.54, 1.807) is 0 Å². The molecule has 1 saturated heterocycles. The van der Waals surface area contributed by atoms with Gasteiger partial charge in [-0.2, -0.15) is 5.06 Å². The Hall–Kier alpha value is -1.27. The summed E-state index contributed by atoms with van der Waals surface area (Å²) in [6, 6.07) is 7.52. The van der Waals surface area contributed by atoms with E-state index in [0.717, 1.165) is 10.2 Å². The number of benzene rings is 1. The van der Waals surface area contributed by atoms with Gasteiger partial charge in [0, 0.05) is 4.47 Å². The molecule has 0 aliphatic carbocycles. The van der Waals surface area contributed by atoms with Crippen LogP contribution in [-0.2, 0) is 9.57 Å². The van der Waals surface area contributed by atoms with Crippen LogP contribution in [-0.4, -0.2) is 36.0 Å². The first-order chi connectivity index (χ1) is 9.33. The predicted octanol–water partition coefficient (Wildman–Crippen LogP) is 3.38. The number of ether oxygens (including phenoxy) is 2. The van der Waals surface area contributed by atoms with Gasteiger partial charge in [0.15, 0.2) is 0 Å². The largest absolute Gasteiger partial charge is 0.486 e. The van der Waals surface area contributed by atoms with Crippen LogP contribution in [0.3, 0.4) is 0 Å². The number of hydroxylamine groups is 2. The van der Waals surface area contributed by atoms with E-state index < -0.39 is 11.7 Å². The first-order valence-electron chi connectivity index (χ1n) is 6.39. The zero-order valence-corrected chi connectivity index (χ0v) is 13.3. The van der Waals surface area contributed by atoms with Crippen molar-refractivity contribution >= 4 is 22.0 Å². The number of rotatable bonds is 2. The van der Waals surface area contributed by atoms with E-state index >= 15 is 0 Å². The normalized spacial score (nSPS) is 19.0. The second-order valence-electron chi connectivity index (χ2n) is 5.53. The highest BCUT2D eigenvalue weighted by Gasteiger charge is 2.32. The van der Waals surface area contributed by atoms with Gasteiger partial charge >= 0.3 is 6.09 Å². The van der Waals surface area contributed by atoms with Gasteiger partial charge in [0.1, 0.15) is 24.1 Å². The molecule has 1 aromatic rings. The van der Waals surface area contributed by atoms with Crippen molar-refractivity contribution in [3.8, 4) is 5.75 Å². The van der Waals surface area contributed by atoms with Crippen LogP contribution >= 0.6 is 15.9 Å². The van der Waals surface area contributed by atoms with Crippen molar-refractivity contribution in [1.29, 1.82) is 0 Å². The summed E-state index contributed by atoms with van der Waals surface area (Å²) in [6.45, 7) is 6.13. The monoisotopic (exact) mass is 343 g/mol. The second kappa shape index (κ2) is 6.01. The van der Waals surface area contributed by atoms with E-state index in [2.05, 4.69) is 15.9 Å². The molecule has 6 heteroatoms. The van der Waals surface area contributed by atoms with Gasteiger partial charge in [-0.1, -0.05) is 15.9 Å². The second-order valence-corrected chi connectivity index (χ2v) is 6.45. The molecule has 1 unspecified atom stereocenters. The van der Waals surface area contributed by atoms with Gasteiger partial charge in [-0.25, -0.2) is 4.79 Å². The fourth-order valence-electron chi connectivity index (χ4n) is 1.68. The van der Waals surface area contributed by atoms with Crippen LogP contribution in [0.1, 0.15) is 20.8 Å². The molecule has 1 aliphatic heterocycles. The van der Waals surface area contributed by atoms with Crippen molar-refractivity contribution in [3.63, 3.8) is 0 Å². The molecule has 0 radical (unpaired) electrons. The quantitative estimate of drug-likeness (QED) is 0.825. The Bertz CT molecular complexity index is 469. The van der Waals surface area contributed by atoms with Gasteiger partial charge in [-0.3, -0.25) is 4.84 Å². The Balaban J connectivity index is 1.86. The van der Waals surface area contributed by atoms with Gasteiger partial charge in [-0.15, -0.1) is 0 Å². The number of hydrogen-bond donors (Lipinski definition) is 0. The standard InChI is InChI=1S/C14H18BrNO4/c1-14(2,3)20-13(17)16-8-12(9-18-16)19-11-6-4-10(15)5-7-11/h4-7,12H,8-9H2,1-3H3. The minimum Gasteiger partial charge on any atom is -0.486 e. The molecule has 0 N–H and O–H groups in total. The molecule has 0 spiro atoms. The van der Waals surface area contributed by atoms with Crippen molar-refractivity contribution in [2.75, 3.05) is 13.2 Å². The van der Waals surface area contributed by atoms with Crippen LogP contribution < -0.4 is 4.74 Å². The molecule has 1 heterocycles. The maximum absolute atomic E-state index is 11.8. The van der Waals surface area contributed by atoms with Crippen molar-refractivity contribution in [2.24, 2.45) is 0 Å². The summed E-state index contributed by atoms with van der Waals surface area (Å²) in [5, 5.41) is 1.20. The molecule has 20 heavy (non-hydrogen) atoms. The summed E-state index contributed by atoms with van der Waals surface area (Å²) in [5.74, 6) is 0.743. The SMILES string of the molecule is CC(C)(C)OC(=O)N1CC(Oc2ccc(Br)cc2)CO1. The molecular formula is C14H18BrNO4. The predicted molar refractivity (Wildman–Crippen MR) is 77.5 cm³/mol. The molecule has 0 aromatic heterocycles. The Morgan fingerprint density at radius 2 is 2.00 bits per heavy atom. The highest BCUT2D eigenvalue weighted by atomic mass is 79.9. The van der Waals surface area contributed by atoms with E-state index in [9.17, 15) is 4.79 Å². The molecule has 2 rings (SSSR count). The molecule has 110 valence electrons. The Morgan fingerprint density at radius 1 is 1.35 bits per heavy atom. The summed E-state index contributed by atoms with van der Waals surface area (Å²) < 4.78 is 12.0. The average molecular weight is 344 g/mol. The third-order valence-corrected chi connectivity index (χ3v) is 3.03. The van der Waals surface area contributed by atoms with Crippen LogP contribution in [0.15, 0.2) is 28.7 Å². The van der Waals surface area contributed by atoms with Crippen LogP contribution in [0, 0.1) is 0 Å². The highest BCUT2D eigenvalue weighted by Crippen LogP contribution is 2.20.